The van der Waals surface area contributed by atoms with Crippen LogP contribution in [0.1, 0.15) is 43.4 Å². The normalized spacial score (nSPS) is 10.6. The molecule has 0 unspecified atom stereocenters. The van der Waals surface area contributed by atoms with Gasteiger partial charge in [0, 0.05) is 6.42 Å². The smallest absolute Gasteiger partial charge is 1.00 e. The summed E-state index contributed by atoms with van der Waals surface area (Å²) in [6, 6.07) is 0. The quantitative estimate of drug-likeness (QED) is 0.472. The van der Waals surface area contributed by atoms with E-state index in [1.54, 1.807) is 0 Å². The largest absolute Gasteiger partial charge is 2.00 e. The van der Waals surface area contributed by atoms with E-state index in [1.165, 1.54) is 0 Å². The maximum absolute atomic E-state index is 10.2. The van der Waals surface area contributed by atoms with Gasteiger partial charge in [-0.3, -0.25) is 0 Å². The Morgan fingerprint density at radius 2 is 1.58 bits per heavy atom. The van der Waals surface area contributed by atoms with Gasteiger partial charge >= 0.3 is 23.1 Å². The molecule has 0 aliphatic carbocycles. The molecule has 70 valence electrons. The first-order valence-electron chi connectivity index (χ1n) is 4.53. The molecular formula is C10H22MgO. The van der Waals surface area contributed by atoms with Crippen molar-refractivity contribution in [3.63, 3.8) is 0 Å². The van der Waals surface area contributed by atoms with Crippen molar-refractivity contribution in [1.82, 2.24) is 0 Å². The van der Waals surface area contributed by atoms with Gasteiger partial charge < -0.3 is 7.65 Å². The van der Waals surface area contributed by atoms with Crippen LogP contribution in [0.3, 0.4) is 0 Å². The van der Waals surface area contributed by atoms with Gasteiger partial charge in [-0.15, -0.1) is 0 Å². The van der Waals surface area contributed by atoms with Gasteiger partial charge in [0.25, 0.3) is 0 Å². The molecule has 0 bridgehead atoms. The molecule has 2 heteroatoms. The molecule has 0 aliphatic heterocycles. The van der Waals surface area contributed by atoms with Gasteiger partial charge in [-0.05, 0) is 24.2 Å². The molecule has 0 amide bonds. The molecule has 0 fully saturated rings. The standard InChI is InChI=1S/C10H20O.Mg.2H/c1-8(2)10(9(3)4)6-5-7-11;;;/h7-10H,5-6H2,1-4H3;;;/q;+2;2*-1. The van der Waals surface area contributed by atoms with Gasteiger partial charge in [-0.1, -0.05) is 27.7 Å². The second-order valence-electron chi connectivity index (χ2n) is 3.90. The van der Waals surface area contributed by atoms with Crippen LogP contribution in [0.4, 0.5) is 0 Å². The molecular weight excluding hydrogens is 160 g/mol. The zero-order valence-corrected chi connectivity index (χ0v) is 10.3. The molecule has 12 heavy (non-hydrogen) atoms. The predicted octanol–water partition coefficient (Wildman–Crippen LogP) is 2.74. The summed E-state index contributed by atoms with van der Waals surface area (Å²) in [5.41, 5.74) is 0. The average Bonchev–Trinajstić information content (AvgIpc) is 1.87. The first-order chi connectivity index (χ1) is 5.09. The Bertz CT molecular complexity index is 111. The third-order valence-electron chi connectivity index (χ3n) is 2.33. The van der Waals surface area contributed by atoms with Crippen LogP contribution in [-0.2, 0) is 4.79 Å². The topological polar surface area (TPSA) is 17.1 Å². The Labute approximate surface area is 95.4 Å². The fourth-order valence-corrected chi connectivity index (χ4v) is 1.70. The Kier molecular flexibility index (Phi) is 10.0. The molecule has 1 nitrogen and oxygen atoms in total. The minimum atomic E-state index is 0. The number of hydrogen-bond donors (Lipinski definition) is 0. The van der Waals surface area contributed by atoms with Crippen LogP contribution in [0.5, 0.6) is 0 Å². The second-order valence-corrected chi connectivity index (χ2v) is 3.90. The van der Waals surface area contributed by atoms with Crippen LogP contribution in [-0.4, -0.2) is 29.3 Å². The van der Waals surface area contributed by atoms with Crippen molar-refractivity contribution in [3.8, 4) is 0 Å². The van der Waals surface area contributed by atoms with E-state index in [0.29, 0.717) is 17.8 Å². The summed E-state index contributed by atoms with van der Waals surface area (Å²) in [6.45, 7) is 8.93. The first kappa shape index (κ1) is 14.9. The minimum Gasteiger partial charge on any atom is -1.00 e. The molecule has 0 aromatic rings. The summed E-state index contributed by atoms with van der Waals surface area (Å²) in [7, 11) is 0. The van der Waals surface area contributed by atoms with E-state index in [1.807, 2.05) is 0 Å². The summed E-state index contributed by atoms with van der Waals surface area (Å²) in [4.78, 5) is 10.2. The van der Waals surface area contributed by atoms with E-state index in [2.05, 4.69) is 27.7 Å². The van der Waals surface area contributed by atoms with Crippen molar-refractivity contribution >= 4 is 29.3 Å². The van der Waals surface area contributed by atoms with E-state index < -0.39 is 0 Å². The Morgan fingerprint density at radius 3 is 1.83 bits per heavy atom. The average molecular weight is 183 g/mol. The molecule has 0 heterocycles. The SMILES string of the molecule is CC(C)C(CCC=O)C(C)C.[H-].[H-].[Mg+2]. The van der Waals surface area contributed by atoms with Crippen LogP contribution in [0.15, 0.2) is 0 Å². The number of hydrogen-bond acceptors (Lipinski definition) is 1. The molecule has 0 aromatic heterocycles. The van der Waals surface area contributed by atoms with Crippen molar-refractivity contribution in [1.29, 1.82) is 0 Å². The molecule has 0 spiro atoms. The zero-order chi connectivity index (χ0) is 8.85. The molecule has 0 N–H and O–H groups in total. The van der Waals surface area contributed by atoms with Crippen LogP contribution in [0.25, 0.3) is 0 Å². The molecule has 0 rings (SSSR count). The summed E-state index contributed by atoms with van der Waals surface area (Å²) < 4.78 is 0. The van der Waals surface area contributed by atoms with Gasteiger partial charge in [0.1, 0.15) is 6.29 Å². The monoisotopic (exact) mass is 182 g/mol. The Hall–Kier alpha value is 0.436. The van der Waals surface area contributed by atoms with Gasteiger partial charge in [-0.25, -0.2) is 0 Å². The number of rotatable bonds is 5. The molecule has 0 aromatic carbocycles. The van der Waals surface area contributed by atoms with Crippen LogP contribution in [0.2, 0.25) is 0 Å². The van der Waals surface area contributed by atoms with Crippen molar-refractivity contribution in [2.45, 2.75) is 40.5 Å². The van der Waals surface area contributed by atoms with Crippen molar-refractivity contribution < 1.29 is 7.65 Å². The van der Waals surface area contributed by atoms with Crippen molar-refractivity contribution in [3.05, 3.63) is 0 Å². The Morgan fingerprint density at radius 1 is 1.17 bits per heavy atom. The molecule has 0 atom stereocenters. The van der Waals surface area contributed by atoms with Crippen LogP contribution >= 0.6 is 0 Å². The molecule has 0 saturated heterocycles. The minimum absolute atomic E-state index is 0. The number of carbonyl (C=O) groups is 1. The second kappa shape index (κ2) is 8.05. The first-order valence-corrected chi connectivity index (χ1v) is 4.53. The summed E-state index contributed by atoms with van der Waals surface area (Å²) in [5, 5.41) is 0. The zero-order valence-electron chi connectivity index (χ0n) is 10.8. The summed E-state index contributed by atoms with van der Waals surface area (Å²) in [5.74, 6) is 2.12. The van der Waals surface area contributed by atoms with Gasteiger partial charge in [-0.2, -0.15) is 0 Å². The predicted molar refractivity (Wildman–Crippen MR) is 56.4 cm³/mol. The number of aldehydes is 1. The Balaban J connectivity index is -0.000000167. The van der Waals surface area contributed by atoms with E-state index in [9.17, 15) is 4.79 Å². The van der Waals surface area contributed by atoms with E-state index in [4.69, 9.17) is 0 Å². The van der Waals surface area contributed by atoms with Crippen LogP contribution < -0.4 is 0 Å². The third-order valence-corrected chi connectivity index (χ3v) is 2.33. The van der Waals surface area contributed by atoms with Gasteiger partial charge in [0.2, 0.25) is 0 Å². The van der Waals surface area contributed by atoms with Gasteiger partial charge in [0.15, 0.2) is 0 Å². The van der Waals surface area contributed by atoms with Crippen molar-refractivity contribution in [2.24, 2.45) is 17.8 Å². The fourth-order valence-electron chi connectivity index (χ4n) is 1.70. The van der Waals surface area contributed by atoms with E-state index in [-0.39, 0.29) is 25.9 Å². The molecule has 0 saturated carbocycles. The molecule has 0 aliphatic rings. The third kappa shape index (κ3) is 6.01. The molecule has 0 radical (unpaired) electrons. The fraction of sp³-hybridized carbons (Fsp3) is 0.900. The van der Waals surface area contributed by atoms with Crippen LogP contribution in [0, 0.1) is 17.8 Å². The maximum atomic E-state index is 10.2. The maximum Gasteiger partial charge on any atom is 2.00 e. The van der Waals surface area contributed by atoms with E-state index in [0.717, 1.165) is 19.1 Å². The summed E-state index contributed by atoms with van der Waals surface area (Å²) in [6.07, 6.45) is 2.80. The van der Waals surface area contributed by atoms with Gasteiger partial charge in [0.05, 0.1) is 0 Å². The van der Waals surface area contributed by atoms with E-state index >= 15 is 0 Å². The summed E-state index contributed by atoms with van der Waals surface area (Å²) >= 11 is 0. The number of carbonyl (C=O) groups excluding carboxylic acids is 1. The van der Waals surface area contributed by atoms with Crippen molar-refractivity contribution in [2.75, 3.05) is 0 Å².